The monoisotopic (exact) mass is 409 g/mol. The topological polar surface area (TPSA) is 50.5 Å². The number of piperidine rings is 1. The van der Waals surface area contributed by atoms with E-state index in [1.54, 1.807) is 7.11 Å². The summed E-state index contributed by atoms with van der Waals surface area (Å²) in [4.78, 5) is 6.95. The molecule has 1 saturated heterocycles. The van der Waals surface area contributed by atoms with Crippen LogP contribution in [-0.2, 0) is 13.0 Å². The number of benzene rings is 2. The number of ether oxygens (including phenoxy) is 1. The van der Waals surface area contributed by atoms with Gasteiger partial charge >= 0.3 is 0 Å². The fraction of sp³-hybridized carbons (Fsp3) is 0.375. The van der Waals surface area contributed by atoms with E-state index in [1.807, 2.05) is 48.8 Å². The molecule has 1 N–H and O–H groups in total. The summed E-state index contributed by atoms with van der Waals surface area (Å²) in [5, 5.41) is 10.2. The first kappa shape index (κ1) is 20.6. The molecule has 4 rings (SSSR count). The number of hydrogen-bond acceptors (Lipinski definition) is 4. The zero-order chi connectivity index (χ0) is 21.0. The molecule has 1 aliphatic heterocycles. The summed E-state index contributed by atoms with van der Waals surface area (Å²) in [6, 6.07) is 14.6. The highest BCUT2D eigenvalue weighted by atomic mass is 19.1. The summed E-state index contributed by atoms with van der Waals surface area (Å²) >= 11 is 0. The first-order valence-corrected chi connectivity index (χ1v) is 10.4. The predicted octanol–water partition coefficient (Wildman–Crippen LogP) is 3.84. The van der Waals surface area contributed by atoms with Gasteiger partial charge in [-0.2, -0.15) is 0 Å². The largest absolute Gasteiger partial charge is 0.497 e. The number of aliphatic hydroxyl groups is 1. The van der Waals surface area contributed by atoms with Crippen LogP contribution in [-0.4, -0.2) is 46.4 Å². The van der Waals surface area contributed by atoms with Gasteiger partial charge in [-0.05, 0) is 67.8 Å². The minimum absolute atomic E-state index is 0.119. The Kier molecular flexibility index (Phi) is 6.16. The number of aliphatic hydroxyl groups excluding tert-OH is 1. The Morgan fingerprint density at radius 1 is 1.13 bits per heavy atom. The first-order chi connectivity index (χ1) is 14.6. The smallest absolute Gasteiger partial charge is 0.127 e. The standard InChI is InChI=1S/C24H28FN3O2/c1-30-22-9-7-21(8-10-22)28-14-12-26-23(28)16-27-13-2-11-24(17-27,18-29)15-19-3-5-20(25)6-4-19/h3-10,12,14,29H,2,11,13,15-18H2,1H3. The van der Waals surface area contributed by atoms with Crippen LogP contribution in [0.2, 0.25) is 0 Å². The number of rotatable bonds is 7. The van der Waals surface area contributed by atoms with E-state index in [4.69, 9.17) is 4.74 Å². The van der Waals surface area contributed by atoms with Gasteiger partial charge in [-0.3, -0.25) is 4.90 Å². The molecular weight excluding hydrogens is 381 g/mol. The highest BCUT2D eigenvalue weighted by Crippen LogP contribution is 2.34. The van der Waals surface area contributed by atoms with Crippen LogP contribution in [0.5, 0.6) is 5.75 Å². The van der Waals surface area contributed by atoms with Crippen LogP contribution < -0.4 is 4.74 Å². The lowest BCUT2D eigenvalue weighted by Crippen LogP contribution is -2.46. The van der Waals surface area contributed by atoms with Crippen molar-refractivity contribution in [1.82, 2.24) is 14.5 Å². The Labute approximate surface area is 176 Å². The highest BCUT2D eigenvalue weighted by Gasteiger charge is 2.35. The maximum atomic E-state index is 13.3. The van der Waals surface area contributed by atoms with E-state index in [1.165, 1.54) is 12.1 Å². The fourth-order valence-corrected chi connectivity index (χ4v) is 4.44. The summed E-state index contributed by atoms with van der Waals surface area (Å²) in [6.07, 6.45) is 6.52. The van der Waals surface area contributed by atoms with Crippen LogP contribution >= 0.6 is 0 Å². The number of aromatic nitrogens is 2. The minimum Gasteiger partial charge on any atom is -0.497 e. The average molecular weight is 410 g/mol. The van der Waals surface area contributed by atoms with Gasteiger partial charge in [0.15, 0.2) is 0 Å². The first-order valence-electron chi connectivity index (χ1n) is 10.4. The molecule has 6 heteroatoms. The van der Waals surface area contributed by atoms with Gasteiger partial charge in [-0.15, -0.1) is 0 Å². The zero-order valence-electron chi connectivity index (χ0n) is 17.3. The van der Waals surface area contributed by atoms with Crippen LogP contribution in [0.4, 0.5) is 4.39 Å². The number of halogens is 1. The average Bonchev–Trinajstić information content (AvgIpc) is 3.24. The lowest BCUT2D eigenvalue weighted by molar-refractivity contribution is 0.0276. The van der Waals surface area contributed by atoms with Gasteiger partial charge < -0.3 is 14.4 Å². The molecule has 5 nitrogen and oxygen atoms in total. The van der Waals surface area contributed by atoms with Crippen molar-refractivity contribution < 1.29 is 14.2 Å². The molecule has 0 bridgehead atoms. The normalized spacial score (nSPS) is 19.7. The second-order valence-electron chi connectivity index (χ2n) is 8.19. The summed E-state index contributed by atoms with van der Waals surface area (Å²) in [5.41, 5.74) is 1.89. The molecule has 0 amide bonds. The van der Waals surface area contributed by atoms with Crippen molar-refractivity contribution in [1.29, 1.82) is 0 Å². The maximum absolute atomic E-state index is 13.3. The lowest BCUT2D eigenvalue weighted by atomic mass is 9.75. The second kappa shape index (κ2) is 8.98. The SMILES string of the molecule is COc1ccc(-n2ccnc2CN2CCCC(CO)(Cc3ccc(F)cc3)C2)cc1. The van der Waals surface area contributed by atoms with Crippen molar-refractivity contribution in [3.63, 3.8) is 0 Å². The summed E-state index contributed by atoms with van der Waals surface area (Å²) < 4.78 is 20.6. The number of hydrogen-bond donors (Lipinski definition) is 1. The van der Waals surface area contributed by atoms with Crippen LogP contribution in [0.15, 0.2) is 60.9 Å². The number of methoxy groups -OCH3 is 1. The van der Waals surface area contributed by atoms with Gasteiger partial charge in [0, 0.05) is 30.0 Å². The summed E-state index contributed by atoms with van der Waals surface area (Å²) in [5.74, 6) is 1.56. The molecule has 0 aliphatic carbocycles. The minimum atomic E-state index is -0.229. The van der Waals surface area contributed by atoms with Crippen molar-refractivity contribution in [3.8, 4) is 11.4 Å². The van der Waals surface area contributed by atoms with Gasteiger partial charge in [-0.1, -0.05) is 12.1 Å². The third-order valence-electron chi connectivity index (χ3n) is 6.00. The lowest BCUT2D eigenvalue weighted by Gasteiger charge is -2.42. The molecule has 0 spiro atoms. The fourth-order valence-electron chi connectivity index (χ4n) is 4.44. The van der Waals surface area contributed by atoms with Gasteiger partial charge in [0.1, 0.15) is 17.4 Å². The molecule has 2 aromatic carbocycles. The van der Waals surface area contributed by atoms with Crippen molar-refractivity contribution in [2.45, 2.75) is 25.8 Å². The van der Waals surface area contributed by atoms with Crippen LogP contribution in [0.25, 0.3) is 5.69 Å². The number of likely N-dealkylation sites (tertiary alicyclic amines) is 1. The van der Waals surface area contributed by atoms with Gasteiger partial charge in [-0.25, -0.2) is 9.37 Å². The summed E-state index contributed by atoms with van der Waals surface area (Å²) in [7, 11) is 1.66. The third kappa shape index (κ3) is 4.55. The molecule has 1 aliphatic rings. The molecule has 1 atom stereocenters. The van der Waals surface area contributed by atoms with Gasteiger partial charge in [0.05, 0.1) is 20.3 Å². The van der Waals surface area contributed by atoms with E-state index >= 15 is 0 Å². The molecule has 30 heavy (non-hydrogen) atoms. The van der Waals surface area contributed by atoms with E-state index in [9.17, 15) is 9.50 Å². The van der Waals surface area contributed by atoms with Crippen molar-refractivity contribution in [2.75, 3.05) is 26.8 Å². The van der Waals surface area contributed by atoms with Gasteiger partial charge in [0.25, 0.3) is 0 Å². The van der Waals surface area contributed by atoms with E-state index in [0.29, 0.717) is 6.54 Å². The van der Waals surface area contributed by atoms with Crippen molar-refractivity contribution in [2.24, 2.45) is 5.41 Å². The molecular formula is C24H28FN3O2. The second-order valence-corrected chi connectivity index (χ2v) is 8.19. The Morgan fingerprint density at radius 2 is 1.90 bits per heavy atom. The van der Waals surface area contributed by atoms with E-state index in [2.05, 4.69) is 14.5 Å². The van der Waals surface area contributed by atoms with Crippen LogP contribution in [0, 0.1) is 11.2 Å². The molecule has 1 unspecified atom stereocenters. The van der Waals surface area contributed by atoms with Crippen LogP contribution in [0.1, 0.15) is 24.2 Å². The molecule has 0 radical (unpaired) electrons. The quantitative estimate of drug-likeness (QED) is 0.644. The number of imidazole rings is 1. The molecule has 3 aromatic rings. The predicted molar refractivity (Wildman–Crippen MR) is 114 cm³/mol. The Morgan fingerprint density at radius 3 is 2.60 bits per heavy atom. The van der Waals surface area contributed by atoms with Crippen molar-refractivity contribution >= 4 is 0 Å². The third-order valence-corrected chi connectivity index (χ3v) is 6.00. The molecule has 1 fully saturated rings. The zero-order valence-corrected chi connectivity index (χ0v) is 17.3. The summed E-state index contributed by atoms with van der Waals surface area (Å²) in [6.45, 7) is 2.59. The maximum Gasteiger partial charge on any atom is 0.127 e. The van der Waals surface area contributed by atoms with E-state index < -0.39 is 0 Å². The Balaban J connectivity index is 1.48. The van der Waals surface area contributed by atoms with Gasteiger partial charge in [0.2, 0.25) is 0 Å². The molecule has 0 saturated carbocycles. The van der Waals surface area contributed by atoms with E-state index in [-0.39, 0.29) is 17.8 Å². The van der Waals surface area contributed by atoms with Crippen LogP contribution in [0.3, 0.4) is 0 Å². The number of nitrogens with zero attached hydrogens (tertiary/aromatic N) is 3. The van der Waals surface area contributed by atoms with E-state index in [0.717, 1.165) is 55.2 Å². The Hall–Kier alpha value is -2.70. The van der Waals surface area contributed by atoms with Crippen molar-refractivity contribution in [3.05, 3.63) is 78.1 Å². The molecule has 2 heterocycles. The Bertz CT molecular complexity index is 955. The molecule has 158 valence electrons. The molecule has 1 aromatic heterocycles. The highest BCUT2D eigenvalue weighted by molar-refractivity contribution is 5.38.